The largest absolute Gasteiger partial charge is 0.458 e. The van der Waals surface area contributed by atoms with Gasteiger partial charge < -0.3 is 4.42 Å². The average Bonchev–Trinajstić information content (AvgIpc) is 2.50. The van der Waals surface area contributed by atoms with Crippen molar-refractivity contribution < 1.29 is 9.21 Å². The normalized spacial score (nSPS) is 9.55. The van der Waals surface area contributed by atoms with Gasteiger partial charge in [-0.15, -0.1) is 0 Å². The molecule has 1 aromatic heterocycles. The standard InChI is InChI=1S/C9H10O2/c1-3-7-5-6-9(11-7)8(10)4-2/h4-6H,2-3H2,1H3. The summed E-state index contributed by atoms with van der Waals surface area (Å²) < 4.78 is 5.16. The SMILES string of the molecule is C=CC(=O)c1ccc(CC)o1. The number of allylic oxidation sites excluding steroid dienone is 1. The van der Waals surface area contributed by atoms with Crippen LogP contribution in [0.1, 0.15) is 23.2 Å². The molecule has 0 saturated heterocycles. The smallest absolute Gasteiger partial charge is 0.220 e. The van der Waals surface area contributed by atoms with Crippen LogP contribution >= 0.6 is 0 Å². The second kappa shape index (κ2) is 3.19. The topological polar surface area (TPSA) is 30.2 Å². The van der Waals surface area contributed by atoms with Crippen LogP contribution < -0.4 is 0 Å². The molecule has 0 atom stereocenters. The van der Waals surface area contributed by atoms with Crippen LogP contribution in [-0.4, -0.2) is 5.78 Å². The highest BCUT2D eigenvalue weighted by Gasteiger charge is 2.05. The van der Waals surface area contributed by atoms with Gasteiger partial charge in [0.25, 0.3) is 0 Å². The van der Waals surface area contributed by atoms with Crippen LogP contribution in [0.15, 0.2) is 29.2 Å². The lowest BCUT2D eigenvalue weighted by atomic mass is 10.3. The molecule has 0 unspecified atom stereocenters. The number of aryl methyl sites for hydroxylation is 1. The summed E-state index contributed by atoms with van der Waals surface area (Å²) in [5, 5.41) is 0. The van der Waals surface area contributed by atoms with Crippen LogP contribution in [0.2, 0.25) is 0 Å². The van der Waals surface area contributed by atoms with Gasteiger partial charge in [-0.1, -0.05) is 13.5 Å². The molecule has 0 amide bonds. The Bertz CT molecular complexity index is 271. The highest BCUT2D eigenvalue weighted by Crippen LogP contribution is 2.08. The van der Waals surface area contributed by atoms with Gasteiger partial charge in [-0.3, -0.25) is 4.79 Å². The summed E-state index contributed by atoms with van der Waals surface area (Å²) in [6, 6.07) is 3.47. The molecule has 58 valence electrons. The Labute approximate surface area is 65.5 Å². The Balaban J connectivity index is 2.88. The molecular weight excluding hydrogens is 140 g/mol. The third-order valence-electron chi connectivity index (χ3n) is 1.44. The summed E-state index contributed by atoms with van der Waals surface area (Å²) in [7, 11) is 0. The monoisotopic (exact) mass is 150 g/mol. The van der Waals surface area contributed by atoms with Crippen molar-refractivity contribution in [3.63, 3.8) is 0 Å². The summed E-state index contributed by atoms with van der Waals surface area (Å²) in [6.45, 7) is 5.34. The van der Waals surface area contributed by atoms with Gasteiger partial charge in [0.15, 0.2) is 5.76 Å². The maximum absolute atomic E-state index is 10.9. The molecule has 0 aliphatic rings. The number of carbonyl (C=O) groups is 1. The zero-order valence-corrected chi connectivity index (χ0v) is 6.46. The Hall–Kier alpha value is -1.31. The van der Waals surface area contributed by atoms with E-state index in [1.807, 2.05) is 6.92 Å². The van der Waals surface area contributed by atoms with Gasteiger partial charge in [0.2, 0.25) is 5.78 Å². The molecule has 0 saturated carbocycles. The van der Waals surface area contributed by atoms with Gasteiger partial charge in [0, 0.05) is 6.42 Å². The molecule has 1 rings (SSSR count). The predicted octanol–water partition coefficient (Wildman–Crippen LogP) is 2.21. The lowest BCUT2D eigenvalue weighted by molar-refractivity contribution is 0.102. The molecule has 0 bridgehead atoms. The van der Waals surface area contributed by atoms with Crippen LogP contribution in [0.5, 0.6) is 0 Å². The molecule has 0 aromatic carbocycles. The van der Waals surface area contributed by atoms with Gasteiger partial charge in [0.1, 0.15) is 5.76 Å². The van der Waals surface area contributed by atoms with Crippen molar-refractivity contribution in [1.82, 2.24) is 0 Å². The summed E-state index contributed by atoms with van der Waals surface area (Å²) in [5.41, 5.74) is 0. The van der Waals surface area contributed by atoms with E-state index in [0.717, 1.165) is 12.2 Å². The average molecular weight is 150 g/mol. The lowest BCUT2D eigenvalue weighted by Crippen LogP contribution is -1.88. The zero-order chi connectivity index (χ0) is 8.27. The molecule has 2 heteroatoms. The highest BCUT2D eigenvalue weighted by atomic mass is 16.3. The molecule has 0 spiro atoms. The van der Waals surface area contributed by atoms with Crippen molar-refractivity contribution in [3.05, 3.63) is 36.3 Å². The first-order valence-corrected chi connectivity index (χ1v) is 3.53. The fourth-order valence-electron chi connectivity index (χ4n) is 0.801. The molecule has 0 radical (unpaired) electrons. The van der Waals surface area contributed by atoms with Gasteiger partial charge in [-0.2, -0.15) is 0 Å². The molecular formula is C9H10O2. The Morgan fingerprint density at radius 3 is 2.91 bits per heavy atom. The van der Waals surface area contributed by atoms with E-state index in [2.05, 4.69) is 6.58 Å². The number of ketones is 1. The van der Waals surface area contributed by atoms with Gasteiger partial charge >= 0.3 is 0 Å². The van der Waals surface area contributed by atoms with E-state index < -0.39 is 0 Å². The van der Waals surface area contributed by atoms with Crippen LogP contribution in [-0.2, 0) is 6.42 Å². The Morgan fingerprint density at radius 1 is 1.73 bits per heavy atom. The maximum Gasteiger partial charge on any atom is 0.220 e. The van der Waals surface area contributed by atoms with E-state index in [1.165, 1.54) is 6.08 Å². The first kappa shape index (κ1) is 7.79. The fraction of sp³-hybridized carbons (Fsp3) is 0.222. The molecule has 1 aromatic rings. The minimum absolute atomic E-state index is 0.162. The number of hydrogen-bond acceptors (Lipinski definition) is 2. The first-order chi connectivity index (χ1) is 5.27. The number of hydrogen-bond donors (Lipinski definition) is 0. The third kappa shape index (κ3) is 1.58. The molecule has 0 fully saturated rings. The van der Waals surface area contributed by atoms with Crippen LogP contribution in [0.3, 0.4) is 0 Å². The predicted molar refractivity (Wildman–Crippen MR) is 42.6 cm³/mol. The number of furan rings is 1. The molecule has 0 aliphatic heterocycles. The van der Waals surface area contributed by atoms with Crippen molar-refractivity contribution in [2.75, 3.05) is 0 Å². The van der Waals surface area contributed by atoms with Gasteiger partial charge in [-0.05, 0) is 18.2 Å². The van der Waals surface area contributed by atoms with Crippen molar-refractivity contribution in [2.45, 2.75) is 13.3 Å². The van der Waals surface area contributed by atoms with E-state index in [1.54, 1.807) is 12.1 Å². The highest BCUT2D eigenvalue weighted by molar-refractivity contribution is 6.01. The molecule has 0 aliphatic carbocycles. The molecule has 11 heavy (non-hydrogen) atoms. The second-order valence-electron chi connectivity index (χ2n) is 2.19. The van der Waals surface area contributed by atoms with Crippen LogP contribution in [0.25, 0.3) is 0 Å². The molecule has 0 N–H and O–H groups in total. The Morgan fingerprint density at radius 2 is 2.45 bits per heavy atom. The van der Waals surface area contributed by atoms with E-state index in [4.69, 9.17) is 4.42 Å². The van der Waals surface area contributed by atoms with E-state index in [-0.39, 0.29) is 5.78 Å². The second-order valence-corrected chi connectivity index (χ2v) is 2.19. The quantitative estimate of drug-likeness (QED) is 0.488. The summed E-state index contributed by atoms with van der Waals surface area (Å²) in [6.07, 6.45) is 2.06. The zero-order valence-electron chi connectivity index (χ0n) is 6.46. The summed E-state index contributed by atoms with van der Waals surface area (Å²) >= 11 is 0. The fourth-order valence-corrected chi connectivity index (χ4v) is 0.801. The van der Waals surface area contributed by atoms with Crippen molar-refractivity contribution in [3.8, 4) is 0 Å². The lowest BCUT2D eigenvalue weighted by Gasteiger charge is -1.87. The molecule has 1 heterocycles. The summed E-state index contributed by atoms with van der Waals surface area (Å²) in [5.74, 6) is 1.04. The van der Waals surface area contributed by atoms with Crippen LogP contribution in [0.4, 0.5) is 0 Å². The van der Waals surface area contributed by atoms with Crippen molar-refractivity contribution in [1.29, 1.82) is 0 Å². The Kier molecular flexibility index (Phi) is 2.26. The third-order valence-corrected chi connectivity index (χ3v) is 1.44. The van der Waals surface area contributed by atoms with Crippen LogP contribution in [0, 0.1) is 0 Å². The maximum atomic E-state index is 10.9. The van der Waals surface area contributed by atoms with E-state index in [9.17, 15) is 4.79 Å². The number of carbonyl (C=O) groups excluding carboxylic acids is 1. The van der Waals surface area contributed by atoms with Gasteiger partial charge in [-0.25, -0.2) is 0 Å². The minimum atomic E-state index is -0.162. The summed E-state index contributed by atoms with van der Waals surface area (Å²) in [4.78, 5) is 10.9. The van der Waals surface area contributed by atoms with E-state index in [0.29, 0.717) is 5.76 Å². The minimum Gasteiger partial charge on any atom is -0.458 e. The molecule has 2 nitrogen and oxygen atoms in total. The van der Waals surface area contributed by atoms with Crippen molar-refractivity contribution in [2.24, 2.45) is 0 Å². The first-order valence-electron chi connectivity index (χ1n) is 3.53. The van der Waals surface area contributed by atoms with E-state index >= 15 is 0 Å². The number of rotatable bonds is 3. The van der Waals surface area contributed by atoms with Crippen molar-refractivity contribution >= 4 is 5.78 Å². The van der Waals surface area contributed by atoms with Gasteiger partial charge in [0.05, 0.1) is 0 Å².